The fourth-order valence-electron chi connectivity index (χ4n) is 3.87. The van der Waals surface area contributed by atoms with Gasteiger partial charge in [-0.2, -0.15) is 0 Å². The molecule has 0 saturated carbocycles. The van der Waals surface area contributed by atoms with E-state index in [1.165, 1.54) is 26.6 Å². The van der Waals surface area contributed by atoms with E-state index in [1.807, 2.05) is 12.1 Å². The molecule has 2 aromatic heterocycles. The molecule has 216 valence electrons. The molecule has 14 heteroatoms. The first-order valence-corrected chi connectivity index (χ1v) is 12.2. The molecule has 4 aromatic rings. The van der Waals surface area contributed by atoms with E-state index >= 15 is 0 Å². The van der Waals surface area contributed by atoms with Gasteiger partial charge in [0.25, 0.3) is 11.9 Å². The van der Waals surface area contributed by atoms with Gasteiger partial charge in [0.05, 0.1) is 14.2 Å². The van der Waals surface area contributed by atoms with Gasteiger partial charge in [0.2, 0.25) is 5.75 Å². The standard InChI is InChI=1S/C25H26FN7O4.C2H4O2/c1-35-19-13-17(14-20(21(19)36-2)37-11-8-26)18(12-15-4-6-16(7-5-15)22(27)28)23-31-25(34)33(32-23)24-29-9-3-10-30-24;1-2(3)4/h3-7,9-10,13-14,18H,8,11-12H2,1-2H3,(H3,27,28)(H,31,32,34);1H3,(H,3,4). The van der Waals surface area contributed by atoms with Gasteiger partial charge in [0, 0.05) is 30.8 Å². The van der Waals surface area contributed by atoms with Crippen LogP contribution < -0.4 is 25.6 Å². The number of aliphatic carboxylic acids is 1. The lowest BCUT2D eigenvalue weighted by molar-refractivity contribution is -0.134. The number of nitrogen functional groups attached to an aromatic ring is 1. The van der Waals surface area contributed by atoms with E-state index in [4.69, 9.17) is 35.3 Å². The smallest absolute Gasteiger partial charge is 0.350 e. The number of halogens is 1. The molecule has 0 aliphatic heterocycles. The summed E-state index contributed by atoms with van der Waals surface area (Å²) >= 11 is 0. The molecule has 41 heavy (non-hydrogen) atoms. The number of carbonyl (C=O) groups is 1. The molecule has 4 rings (SSSR count). The van der Waals surface area contributed by atoms with Gasteiger partial charge in [0.15, 0.2) is 11.5 Å². The number of nitrogens with two attached hydrogens (primary N) is 1. The predicted octanol–water partition coefficient (Wildman–Crippen LogP) is 2.47. The van der Waals surface area contributed by atoms with Crippen molar-refractivity contribution in [1.29, 1.82) is 5.41 Å². The molecule has 5 N–H and O–H groups in total. The van der Waals surface area contributed by atoms with Gasteiger partial charge in [-0.05, 0) is 35.7 Å². The van der Waals surface area contributed by atoms with Crippen LogP contribution in [0.15, 0.2) is 59.7 Å². The van der Waals surface area contributed by atoms with E-state index in [2.05, 4.69) is 20.1 Å². The highest BCUT2D eigenvalue weighted by Crippen LogP contribution is 2.41. The molecule has 0 aliphatic rings. The fraction of sp³-hybridized carbons (Fsp3) is 0.259. The number of methoxy groups -OCH3 is 2. The molecular formula is C27H30FN7O6. The number of aromatic nitrogens is 5. The highest BCUT2D eigenvalue weighted by atomic mass is 19.1. The lowest BCUT2D eigenvalue weighted by Crippen LogP contribution is -2.18. The summed E-state index contributed by atoms with van der Waals surface area (Å²) in [6.07, 6.45) is 3.43. The maximum absolute atomic E-state index is 12.9. The molecule has 1 unspecified atom stereocenters. The number of hydrogen-bond acceptors (Lipinski definition) is 9. The van der Waals surface area contributed by atoms with E-state index in [9.17, 15) is 9.18 Å². The first-order chi connectivity index (χ1) is 19.7. The summed E-state index contributed by atoms with van der Waals surface area (Å²) in [4.78, 5) is 32.8. The highest BCUT2D eigenvalue weighted by molar-refractivity contribution is 5.94. The Balaban J connectivity index is 0.00000108. The summed E-state index contributed by atoms with van der Waals surface area (Å²) in [5.74, 6) is 0.0899. The molecule has 1 atom stereocenters. The molecule has 2 heterocycles. The number of rotatable bonds is 11. The Morgan fingerprint density at radius 1 is 1.15 bits per heavy atom. The normalized spacial score (nSPS) is 11.1. The molecule has 2 aromatic carbocycles. The average Bonchev–Trinajstić information content (AvgIpc) is 3.35. The van der Waals surface area contributed by atoms with Crippen LogP contribution >= 0.6 is 0 Å². The Kier molecular flexibility index (Phi) is 10.5. The van der Waals surface area contributed by atoms with Crippen LogP contribution in [0.25, 0.3) is 5.95 Å². The molecule has 0 fully saturated rings. The summed E-state index contributed by atoms with van der Waals surface area (Å²) in [6, 6.07) is 12.3. The van der Waals surface area contributed by atoms with E-state index in [0.29, 0.717) is 40.6 Å². The number of ether oxygens (including phenoxy) is 3. The second kappa shape index (κ2) is 14.2. The molecule has 0 saturated heterocycles. The van der Waals surface area contributed by atoms with Gasteiger partial charge in [-0.15, -0.1) is 9.78 Å². The summed E-state index contributed by atoms with van der Waals surface area (Å²) < 4.78 is 30.6. The van der Waals surface area contributed by atoms with Gasteiger partial charge < -0.3 is 25.1 Å². The minimum Gasteiger partial charge on any atom is -0.493 e. The zero-order valence-electron chi connectivity index (χ0n) is 22.6. The number of carboxylic acid groups (broad SMARTS) is 1. The highest BCUT2D eigenvalue weighted by Gasteiger charge is 2.25. The van der Waals surface area contributed by atoms with Crippen molar-refractivity contribution in [2.45, 2.75) is 19.3 Å². The zero-order valence-corrected chi connectivity index (χ0v) is 22.6. The number of amidine groups is 1. The lowest BCUT2D eigenvalue weighted by atomic mass is 9.90. The quantitative estimate of drug-likeness (QED) is 0.155. The maximum Gasteiger partial charge on any atom is 0.350 e. The van der Waals surface area contributed by atoms with Crippen LogP contribution in [0.4, 0.5) is 4.39 Å². The van der Waals surface area contributed by atoms with E-state index in [1.54, 1.807) is 30.3 Å². The Bertz CT molecular complexity index is 1520. The van der Waals surface area contributed by atoms with Crippen molar-refractivity contribution in [2.75, 3.05) is 27.5 Å². The molecule has 0 aliphatic carbocycles. The summed E-state index contributed by atoms with van der Waals surface area (Å²) in [6.45, 7) is 0.230. The third kappa shape index (κ3) is 7.88. The van der Waals surface area contributed by atoms with Gasteiger partial charge in [-0.1, -0.05) is 24.3 Å². The van der Waals surface area contributed by atoms with E-state index < -0.39 is 24.3 Å². The van der Waals surface area contributed by atoms with Crippen molar-refractivity contribution in [3.63, 3.8) is 0 Å². The van der Waals surface area contributed by atoms with Gasteiger partial charge >= 0.3 is 5.69 Å². The van der Waals surface area contributed by atoms with Crippen molar-refractivity contribution < 1.29 is 28.5 Å². The van der Waals surface area contributed by atoms with Crippen LogP contribution in [0.2, 0.25) is 0 Å². The summed E-state index contributed by atoms with van der Waals surface area (Å²) in [7, 11) is 2.95. The number of H-pyrrole nitrogens is 1. The number of hydrogen-bond donors (Lipinski definition) is 4. The fourth-order valence-corrected chi connectivity index (χ4v) is 3.87. The number of nitrogens with zero attached hydrogens (tertiary/aromatic N) is 4. The van der Waals surface area contributed by atoms with Crippen molar-refractivity contribution in [3.8, 4) is 23.2 Å². The molecule has 0 radical (unpaired) electrons. The monoisotopic (exact) mass is 567 g/mol. The minimum absolute atomic E-state index is 0.0384. The van der Waals surface area contributed by atoms with E-state index in [0.717, 1.165) is 17.2 Å². The Morgan fingerprint density at radius 3 is 2.34 bits per heavy atom. The SMILES string of the molecule is CC(=O)O.COc1cc(C(Cc2ccc(C(=N)N)cc2)c2nn(-c3ncccn3)c(=O)[nH]2)cc(OCCF)c1OC. The number of aromatic amines is 1. The first kappa shape index (κ1) is 30.3. The summed E-state index contributed by atoms with van der Waals surface area (Å²) in [5.41, 5.74) is 7.24. The zero-order chi connectivity index (χ0) is 29.9. The maximum atomic E-state index is 12.9. The van der Waals surface area contributed by atoms with Crippen molar-refractivity contribution >= 4 is 11.8 Å². The number of nitrogens with one attached hydrogen (secondary N) is 2. The Morgan fingerprint density at radius 2 is 1.78 bits per heavy atom. The number of benzene rings is 2. The van der Waals surface area contributed by atoms with Crippen LogP contribution in [-0.4, -0.2) is 69.1 Å². The second-order valence-corrected chi connectivity index (χ2v) is 8.45. The summed E-state index contributed by atoms with van der Waals surface area (Å²) in [5, 5.41) is 19.5. The number of carboxylic acids is 1. The van der Waals surface area contributed by atoms with Gasteiger partial charge in [0.1, 0.15) is 24.9 Å². The van der Waals surface area contributed by atoms with Crippen LogP contribution in [-0.2, 0) is 11.2 Å². The third-order valence-electron chi connectivity index (χ3n) is 5.62. The third-order valence-corrected chi connectivity index (χ3v) is 5.62. The lowest BCUT2D eigenvalue weighted by Gasteiger charge is -2.20. The van der Waals surface area contributed by atoms with E-state index in [-0.39, 0.29) is 18.4 Å². The molecule has 0 spiro atoms. The van der Waals surface area contributed by atoms with Crippen molar-refractivity contribution in [2.24, 2.45) is 5.73 Å². The average molecular weight is 568 g/mol. The predicted molar refractivity (Wildman–Crippen MR) is 147 cm³/mol. The molecule has 13 nitrogen and oxygen atoms in total. The largest absolute Gasteiger partial charge is 0.493 e. The van der Waals surface area contributed by atoms with Crippen LogP contribution in [0.5, 0.6) is 17.2 Å². The molecular weight excluding hydrogens is 537 g/mol. The minimum atomic E-state index is -0.833. The van der Waals surface area contributed by atoms with Gasteiger partial charge in [-0.3, -0.25) is 15.2 Å². The first-order valence-electron chi connectivity index (χ1n) is 12.2. The van der Waals surface area contributed by atoms with Crippen LogP contribution in [0.3, 0.4) is 0 Å². The number of alkyl halides is 1. The Hall–Kier alpha value is -5.27. The van der Waals surface area contributed by atoms with Crippen molar-refractivity contribution in [3.05, 3.63) is 87.9 Å². The second-order valence-electron chi connectivity index (χ2n) is 8.45. The van der Waals surface area contributed by atoms with Crippen LogP contribution in [0, 0.1) is 5.41 Å². The van der Waals surface area contributed by atoms with Crippen molar-refractivity contribution in [1.82, 2.24) is 24.7 Å². The molecule has 0 amide bonds. The molecule has 0 bridgehead atoms. The van der Waals surface area contributed by atoms with Gasteiger partial charge in [-0.25, -0.2) is 19.2 Å². The topological polar surface area (TPSA) is 191 Å². The Labute approximate surface area is 234 Å². The van der Waals surface area contributed by atoms with Crippen LogP contribution in [0.1, 0.15) is 35.4 Å².